The Morgan fingerprint density at radius 3 is 2.62 bits per heavy atom. The molecule has 1 N–H and O–H groups in total. The predicted molar refractivity (Wildman–Crippen MR) is 101 cm³/mol. The van der Waals surface area contributed by atoms with E-state index in [2.05, 4.69) is 10.4 Å². The van der Waals surface area contributed by atoms with Gasteiger partial charge in [-0.05, 0) is 30.9 Å². The van der Waals surface area contributed by atoms with Gasteiger partial charge in [-0.1, -0.05) is 12.1 Å². The maximum atomic E-state index is 12.2. The van der Waals surface area contributed by atoms with E-state index in [4.69, 9.17) is 0 Å². The molecule has 1 atom stereocenters. The summed E-state index contributed by atoms with van der Waals surface area (Å²) in [4.78, 5) is 25.3. The summed E-state index contributed by atoms with van der Waals surface area (Å²) >= 11 is 1.63. The minimum Gasteiger partial charge on any atom is -0.351 e. The molecule has 0 saturated carbocycles. The van der Waals surface area contributed by atoms with Crippen LogP contribution in [0.3, 0.4) is 0 Å². The van der Waals surface area contributed by atoms with Crippen LogP contribution in [0.1, 0.15) is 6.42 Å². The van der Waals surface area contributed by atoms with Crippen LogP contribution in [0.25, 0.3) is 11.3 Å². The van der Waals surface area contributed by atoms with Crippen LogP contribution in [0.5, 0.6) is 0 Å². The lowest BCUT2D eigenvalue weighted by Crippen LogP contribution is -2.40. The molecule has 2 aromatic rings. The van der Waals surface area contributed by atoms with Crippen LogP contribution in [-0.2, 0) is 21.2 Å². The van der Waals surface area contributed by atoms with Gasteiger partial charge in [0.25, 0.3) is 5.56 Å². The zero-order chi connectivity index (χ0) is 18.7. The summed E-state index contributed by atoms with van der Waals surface area (Å²) in [5.74, 6) is -0.391. The quantitative estimate of drug-likeness (QED) is 0.759. The van der Waals surface area contributed by atoms with E-state index < -0.39 is 21.8 Å². The number of sulfone groups is 1. The van der Waals surface area contributed by atoms with Crippen molar-refractivity contribution in [1.82, 2.24) is 15.1 Å². The van der Waals surface area contributed by atoms with Crippen LogP contribution in [0, 0.1) is 0 Å². The highest BCUT2D eigenvalue weighted by atomic mass is 32.2. The topological polar surface area (TPSA) is 98.1 Å². The number of benzene rings is 1. The van der Waals surface area contributed by atoms with Gasteiger partial charge in [-0.2, -0.15) is 5.10 Å². The predicted octanol–water partition coefficient (Wildman–Crippen LogP) is 0.935. The number of carbonyl (C=O) groups is 1. The lowest BCUT2D eigenvalue weighted by Gasteiger charge is -2.12. The Labute approximate surface area is 155 Å². The van der Waals surface area contributed by atoms with Gasteiger partial charge in [-0.15, -0.1) is 11.8 Å². The SMILES string of the molecule is CSc1ccc(-c2ccc(=O)n(CC(=O)N[C@H]3CCS(=O)(=O)C3)n2)cc1. The molecule has 1 aromatic carbocycles. The van der Waals surface area contributed by atoms with Gasteiger partial charge in [0.2, 0.25) is 5.91 Å². The first-order valence-electron chi connectivity index (χ1n) is 8.09. The molecular weight excluding hydrogens is 374 g/mol. The van der Waals surface area contributed by atoms with E-state index in [1.165, 1.54) is 6.07 Å². The van der Waals surface area contributed by atoms with E-state index >= 15 is 0 Å². The fourth-order valence-corrected chi connectivity index (χ4v) is 4.88. The Hall–Kier alpha value is -2.13. The van der Waals surface area contributed by atoms with Crippen molar-refractivity contribution in [3.8, 4) is 11.3 Å². The number of nitrogens with zero attached hydrogens (tertiary/aromatic N) is 2. The van der Waals surface area contributed by atoms with Gasteiger partial charge in [0.1, 0.15) is 6.54 Å². The number of thioether (sulfide) groups is 1. The van der Waals surface area contributed by atoms with Crippen molar-refractivity contribution in [2.75, 3.05) is 17.8 Å². The molecule has 9 heteroatoms. The Morgan fingerprint density at radius 1 is 1.27 bits per heavy atom. The van der Waals surface area contributed by atoms with Crippen molar-refractivity contribution in [2.45, 2.75) is 23.9 Å². The Kier molecular flexibility index (Phi) is 5.47. The van der Waals surface area contributed by atoms with E-state index in [1.54, 1.807) is 17.8 Å². The van der Waals surface area contributed by atoms with Crippen molar-refractivity contribution in [1.29, 1.82) is 0 Å². The van der Waals surface area contributed by atoms with Gasteiger partial charge >= 0.3 is 0 Å². The second kappa shape index (κ2) is 7.63. The Morgan fingerprint density at radius 2 is 2.00 bits per heavy atom. The second-order valence-electron chi connectivity index (χ2n) is 6.11. The summed E-state index contributed by atoms with van der Waals surface area (Å²) in [5.41, 5.74) is 1.05. The maximum Gasteiger partial charge on any atom is 0.267 e. The summed E-state index contributed by atoms with van der Waals surface area (Å²) in [6, 6.07) is 10.3. The number of aromatic nitrogens is 2. The Balaban J connectivity index is 1.73. The van der Waals surface area contributed by atoms with E-state index in [0.717, 1.165) is 15.1 Å². The molecule has 2 heterocycles. The first-order valence-corrected chi connectivity index (χ1v) is 11.1. The molecule has 138 valence electrons. The molecule has 1 aromatic heterocycles. The number of hydrogen-bond donors (Lipinski definition) is 1. The summed E-state index contributed by atoms with van der Waals surface area (Å²) < 4.78 is 24.0. The third-order valence-corrected chi connectivity index (χ3v) is 6.65. The fraction of sp³-hybridized carbons (Fsp3) is 0.353. The van der Waals surface area contributed by atoms with Crippen molar-refractivity contribution in [2.24, 2.45) is 0 Å². The monoisotopic (exact) mass is 393 g/mol. The number of nitrogens with one attached hydrogen (secondary N) is 1. The molecular formula is C17H19N3O4S2. The number of carbonyl (C=O) groups excluding carboxylic acids is 1. The van der Waals surface area contributed by atoms with Gasteiger partial charge < -0.3 is 5.32 Å². The molecule has 1 aliphatic heterocycles. The van der Waals surface area contributed by atoms with Gasteiger partial charge in [-0.3, -0.25) is 9.59 Å². The standard InChI is InChI=1S/C17H19N3O4S2/c1-25-14-4-2-12(3-5-14)15-6-7-17(22)20(19-15)10-16(21)18-13-8-9-26(23,24)11-13/h2-7,13H,8-11H2,1H3,(H,18,21)/t13-/m0/s1. The molecule has 1 aliphatic rings. The van der Waals surface area contributed by atoms with Crippen LogP contribution in [0.4, 0.5) is 0 Å². The van der Waals surface area contributed by atoms with Gasteiger partial charge in [0.15, 0.2) is 9.84 Å². The molecule has 7 nitrogen and oxygen atoms in total. The second-order valence-corrected chi connectivity index (χ2v) is 9.22. The molecule has 0 bridgehead atoms. The molecule has 1 fully saturated rings. The molecule has 0 unspecified atom stereocenters. The zero-order valence-corrected chi connectivity index (χ0v) is 15.8. The molecule has 0 spiro atoms. The van der Waals surface area contributed by atoms with Gasteiger partial charge in [-0.25, -0.2) is 13.1 Å². The largest absolute Gasteiger partial charge is 0.351 e. The fourth-order valence-electron chi connectivity index (χ4n) is 2.80. The van der Waals surface area contributed by atoms with Crippen LogP contribution in [-0.4, -0.2) is 47.9 Å². The molecule has 1 saturated heterocycles. The maximum absolute atomic E-state index is 12.2. The van der Waals surface area contributed by atoms with E-state index in [0.29, 0.717) is 12.1 Å². The first kappa shape index (κ1) is 18.7. The minimum atomic E-state index is -3.07. The van der Waals surface area contributed by atoms with Crippen LogP contribution >= 0.6 is 11.8 Å². The smallest absolute Gasteiger partial charge is 0.267 e. The van der Waals surface area contributed by atoms with Gasteiger partial charge in [0.05, 0.1) is 17.2 Å². The van der Waals surface area contributed by atoms with Gasteiger partial charge in [0, 0.05) is 22.6 Å². The molecule has 3 rings (SSSR count). The zero-order valence-electron chi connectivity index (χ0n) is 14.2. The highest BCUT2D eigenvalue weighted by Gasteiger charge is 2.28. The highest BCUT2D eigenvalue weighted by molar-refractivity contribution is 7.98. The van der Waals surface area contributed by atoms with Crippen molar-refractivity contribution < 1.29 is 13.2 Å². The average Bonchev–Trinajstić information content (AvgIpc) is 2.95. The lowest BCUT2D eigenvalue weighted by atomic mass is 10.1. The summed E-state index contributed by atoms with van der Waals surface area (Å²) in [6.45, 7) is -0.244. The van der Waals surface area contributed by atoms with E-state index in [9.17, 15) is 18.0 Å². The van der Waals surface area contributed by atoms with Crippen LogP contribution < -0.4 is 10.9 Å². The molecule has 0 aliphatic carbocycles. The third-order valence-electron chi connectivity index (χ3n) is 4.14. The van der Waals surface area contributed by atoms with Crippen LogP contribution in [0.2, 0.25) is 0 Å². The normalized spacial score (nSPS) is 18.6. The van der Waals surface area contributed by atoms with Crippen molar-refractivity contribution in [3.05, 3.63) is 46.8 Å². The number of amides is 1. The summed E-state index contributed by atoms with van der Waals surface area (Å²) in [5, 5.41) is 6.92. The van der Waals surface area contributed by atoms with Crippen molar-refractivity contribution >= 4 is 27.5 Å². The van der Waals surface area contributed by atoms with Crippen LogP contribution in [0.15, 0.2) is 46.1 Å². The Bertz CT molecular complexity index is 968. The minimum absolute atomic E-state index is 0.0527. The van der Waals surface area contributed by atoms with Crippen molar-refractivity contribution in [3.63, 3.8) is 0 Å². The lowest BCUT2D eigenvalue weighted by molar-refractivity contribution is -0.122. The average molecular weight is 393 g/mol. The highest BCUT2D eigenvalue weighted by Crippen LogP contribution is 2.20. The summed E-state index contributed by atoms with van der Waals surface area (Å²) in [7, 11) is -3.07. The number of rotatable bonds is 5. The molecule has 0 radical (unpaired) electrons. The van der Waals surface area contributed by atoms with E-state index in [-0.39, 0.29) is 23.6 Å². The van der Waals surface area contributed by atoms with E-state index in [1.807, 2.05) is 30.5 Å². The molecule has 1 amide bonds. The third kappa shape index (κ3) is 4.53. The molecule has 26 heavy (non-hydrogen) atoms. The number of hydrogen-bond acceptors (Lipinski definition) is 6. The summed E-state index contributed by atoms with van der Waals surface area (Å²) in [6.07, 6.45) is 2.39. The first-order chi connectivity index (χ1) is 12.4.